The minimum atomic E-state index is -1.38. The van der Waals surface area contributed by atoms with Crippen LogP contribution in [0.2, 0.25) is 0 Å². The van der Waals surface area contributed by atoms with Crippen molar-refractivity contribution in [2.75, 3.05) is 0 Å². The van der Waals surface area contributed by atoms with Crippen molar-refractivity contribution in [3.05, 3.63) is 0 Å². The fourth-order valence-electron chi connectivity index (χ4n) is 1.21. The summed E-state index contributed by atoms with van der Waals surface area (Å²) in [6.45, 7) is 4.44. The maximum Gasteiger partial charge on any atom is 0.435 e. The van der Waals surface area contributed by atoms with Gasteiger partial charge >= 0.3 is 23.2 Å². The number of halogens is 2. The van der Waals surface area contributed by atoms with Crippen LogP contribution in [0.15, 0.2) is 0 Å². The van der Waals surface area contributed by atoms with Gasteiger partial charge in [0.2, 0.25) is 0 Å². The lowest BCUT2D eigenvalue weighted by Gasteiger charge is -2.25. The average Bonchev–Trinajstić information content (AvgIpc) is 2.33. The van der Waals surface area contributed by atoms with Gasteiger partial charge in [0.05, 0.1) is 0 Å². The first-order valence-corrected chi connectivity index (χ1v) is 5.90. The molecule has 0 fully saturated rings. The van der Waals surface area contributed by atoms with E-state index in [1.54, 1.807) is 0 Å². The van der Waals surface area contributed by atoms with Crippen LogP contribution in [0.4, 0.5) is 0 Å². The standard InChI is InChI=1S/C10H12Cl2O8/c1-5(17-8(15)9(16)18-12)4-10(2,3)20-19-7(14)6(11)13/h5H,4H2,1-3H3. The van der Waals surface area contributed by atoms with Crippen LogP contribution < -0.4 is 0 Å². The van der Waals surface area contributed by atoms with Gasteiger partial charge in [0.15, 0.2) is 0 Å². The lowest BCUT2D eigenvalue weighted by Crippen LogP contribution is -2.34. The summed E-state index contributed by atoms with van der Waals surface area (Å²) >= 11 is 9.56. The maximum atomic E-state index is 11.1. The molecule has 0 aromatic heterocycles. The summed E-state index contributed by atoms with van der Waals surface area (Å²) in [4.78, 5) is 51.9. The van der Waals surface area contributed by atoms with Crippen molar-refractivity contribution >= 4 is 46.6 Å². The number of ether oxygens (including phenoxy) is 1. The molecule has 0 heterocycles. The molecule has 8 nitrogen and oxygen atoms in total. The molecule has 0 rings (SSSR count). The summed E-state index contributed by atoms with van der Waals surface area (Å²) in [6, 6.07) is 0. The number of hydrogen-bond acceptors (Lipinski definition) is 8. The van der Waals surface area contributed by atoms with Crippen molar-refractivity contribution < 1.29 is 38.0 Å². The summed E-state index contributed by atoms with van der Waals surface area (Å²) < 4.78 is 8.34. The van der Waals surface area contributed by atoms with Gasteiger partial charge in [-0.15, -0.1) is 0 Å². The summed E-state index contributed by atoms with van der Waals surface area (Å²) in [5.74, 6) is -4.03. The Labute approximate surface area is 124 Å². The molecule has 0 aromatic carbocycles. The van der Waals surface area contributed by atoms with E-state index in [-0.39, 0.29) is 6.42 Å². The second-order valence-corrected chi connectivity index (χ2v) is 4.77. The topological polar surface area (TPSA) is 105 Å². The molecule has 0 spiro atoms. The van der Waals surface area contributed by atoms with Gasteiger partial charge in [-0.05, 0) is 32.4 Å². The molecule has 114 valence electrons. The van der Waals surface area contributed by atoms with E-state index in [2.05, 4.69) is 13.9 Å². The van der Waals surface area contributed by atoms with Crippen molar-refractivity contribution in [3.8, 4) is 0 Å². The number of esters is 1. The highest BCUT2D eigenvalue weighted by molar-refractivity contribution is 6.80. The van der Waals surface area contributed by atoms with Crippen LogP contribution in [0.1, 0.15) is 27.2 Å². The van der Waals surface area contributed by atoms with Gasteiger partial charge in [0.25, 0.3) is 0 Å². The van der Waals surface area contributed by atoms with Gasteiger partial charge < -0.3 is 9.03 Å². The quantitative estimate of drug-likeness (QED) is 0.234. The van der Waals surface area contributed by atoms with E-state index in [0.717, 1.165) is 0 Å². The van der Waals surface area contributed by atoms with Crippen molar-refractivity contribution in [1.82, 2.24) is 0 Å². The van der Waals surface area contributed by atoms with Crippen molar-refractivity contribution in [3.63, 3.8) is 0 Å². The normalized spacial score (nSPS) is 12.2. The van der Waals surface area contributed by atoms with E-state index in [1.165, 1.54) is 20.8 Å². The Hall–Kier alpha value is -1.38. The first-order valence-electron chi connectivity index (χ1n) is 5.22. The van der Waals surface area contributed by atoms with Gasteiger partial charge in [-0.3, -0.25) is 9.68 Å². The SMILES string of the molecule is CC(CC(C)(C)OOC(=O)C(=O)Cl)OC(=O)C(=O)OCl. The summed E-state index contributed by atoms with van der Waals surface area (Å²) in [5.41, 5.74) is -1.10. The third-order valence-electron chi connectivity index (χ3n) is 1.83. The fraction of sp³-hybridized carbons (Fsp3) is 0.600. The predicted molar refractivity (Wildman–Crippen MR) is 64.2 cm³/mol. The number of carbonyl (C=O) groups is 4. The molecular weight excluding hydrogens is 319 g/mol. The largest absolute Gasteiger partial charge is 0.454 e. The number of carbonyl (C=O) groups excluding carboxylic acids is 4. The molecule has 0 saturated carbocycles. The van der Waals surface area contributed by atoms with Crippen molar-refractivity contribution in [1.29, 1.82) is 0 Å². The van der Waals surface area contributed by atoms with Crippen LogP contribution in [0.25, 0.3) is 0 Å². The monoisotopic (exact) mass is 330 g/mol. The minimum absolute atomic E-state index is 0.0397. The van der Waals surface area contributed by atoms with Crippen LogP contribution in [0, 0.1) is 0 Å². The first-order chi connectivity index (χ1) is 9.09. The van der Waals surface area contributed by atoms with Crippen LogP contribution in [0.5, 0.6) is 0 Å². The molecule has 0 aliphatic carbocycles. The Balaban J connectivity index is 4.31. The highest BCUT2D eigenvalue weighted by Crippen LogP contribution is 2.19. The predicted octanol–water partition coefficient (Wildman–Crippen LogP) is 1.02. The Bertz CT molecular complexity index is 406. The minimum Gasteiger partial charge on any atom is -0.454 e. The smallest absolute Gasteiger partial charge is 0.435 e. The fourth-order valence-corrected chi connectivity index (χ4v) is 1.31. The van der Waals surface area contributed by atoms with E-state index in [0.29, 0.717) is 0 Å². The third kappa shape index (κ3) is 7.27. The Kier molecular flexibility index (Phi) is 7.48. The van der Waals surface area contributed by atoms with Crippen LogP contribution >= 0.6 is 23.5 Å². The second kappa shape index (κ2) is 8.03. The molecule has 0 N–H and O–H groups in total. The molecule has 1 atom stereocenters. The van der Waals surface area contributed by atoms with E-state index in [4.69, 9.17) is 28.4 Å². The Morgan fingerprint density at radius 1 is 1.10 bits per heavy atom. The molecular formula is C10H12Cl2O8. The number of rotatable bonds is 6. The molecule has 1 unspecified atom stereocenters. The van der Waals surface area contributed by atoms with Gasteiger partial charge in [0.1, 0.15) is 23.6 Å². The first kappa shape index (κ1) is 18.6. The van der Waals surface area contributed by atoms with Crippen molar-refractivity contribution in [2.45, 2.75) is 38.9 Å². The van der Waals surface area contributed by atoms with E-state index >= 15 is 0 Å². The molecule has 0 bridgehead atoms. The molecule has 20 heavy (non-hydrogen) atoms. The van der Waals surface area contributed by atoms with E-state index in [1.807, 2.05) is 0 Å². The van der Waals surface area contributed by atoms with Gasteiger partial charge in [0, 0.05) is 6.42 Å². The lowest BCUT2D eigenvalue weighted by molar-refractivity contribution is -0.325. The maximum absolute atomic E-state index is 11.1. The van der Waals surface area contributed by atoms with Gasteiger partial charge in [-0.2, -0.15) is 4.89 Å². The van der Waals surface area contributed by atoms with Crippen LogP contribution in [-0.4, -0.2) is 34.9 Å². The van der Waals surface area contributed by atoms with Crippen LogP contribution in [-0.2, 0) is 38.0 Å². The molecule has 0 aliphatic heterocycles. The van der Waals surface area contributed by atoms with Gasteiger partial charge in [-0.25, -0.2) is 14.4 Å². The molecule has 0 aliphatic rings. The third-order valence-corrected chi connectivity index (χ3v) is 2.12. The van der Waals surface area contributed by atoms with E-state index < -0.39 is 34.9 Å². The summed E-state index contributed by atoms with van der Waals surface area (Å²) in [5, 5.41) is -1.34. The summed E-state index contributed by atoms with van der Waals surface area (Å²) in [6.07, 6.45) is -0.739. The van der Waals surface area contributed by atoms with E-state index in [9.17, 15) is 19.2 Å². The highest BCUT2D eigenvalue weighted by Gasteiger charge is 2.29. The molecule has 0 saturated heterocycles. The summed E-state index contributed by atoms with van der Waals surface area (Å²) in [7, 11) is 0. The Morgan fingerprint density at radius 3 is 2.10 bits per heavy atom. The zero-order valence-corrected chi connectivity index (χ0v) is 12.3. The van der Waals surface area contributed by atoms with Gasteiger partial charge in [-0.1, -0.05) is 0 Å². The Morgan fingerprint density at radius 2 is 1.65 bits per heavy atom. The van der Waals surface area contributed by atoms with Crippen LogP contribution in [0.3, 0.4) is 0 Å². The highest BCUT2D eigenvalue weighted by atomic mass is 35.5. The molecule has 10 heteroatoms. The molecule has 0 radical (unpaired) electrons. The zero-order valence-electron chi connectivity index (χ0n) is 10.8. The second-order valence-electron chi connectivity index (χ2n) is 4.27. The average molecular weight is 331 g/mol. The van der Waals surface area contributed by atoms with Crippen molar-refractivity contribution in [2.24, 2.45) is 0 Å². The lowest BCUT2D eigenvalue weighted by atomic mass is 10.0. The molecule has 0 amide bonds. The molecule has 0 aromatic rings. The number of hydrogen-bond donors (Lipinski definition) is 0. The zero-order chi connectivity index (χ0) is 15.9.